The standard InChI is InChI=1S/C25H31N3O3S/c1-2-31-22-9-5-3-7-20(22)16-27-13-11-19(12-14-27)15-26-24(29)17-28-21-8-4-6-10-23(21)32-18-25(28)30/h3-10,19H,2,11-18H2,1H3,(H,26,29). The zero-order chi connectivity index (χ0) is 22.3. The fraction of sp³-hybridized carbons (Fsp3) is 0.440. The van der Waals surface area contributed by atoms with Crippen LogP contribution in [0.3, 0.4) is 0 Å². The minimum Gasteiger partial charge on any atom is -0.494 e. The summed E-state index contributed by atoms with van der Waals surface area (Å²) in [5.41, 5.74) is 2.07. The van der Waals surface area contributed by atoms with Gasteiger partial charge in [-0.05, 0) is 57.0 Å². The summed E-state index contributed by atoms with van der Waals surface area (Å²) in [6.45, 7) is 6.35. The van der Waals surface area contributed by atoms with E-state index in [0.29, 0.717) is 24.8 Å². The van der Waals surface area contributed by atoms with Crippen molar-refractivity contribution in [3.63, 3.8) is 0 Å². The molecule has 0 aromatic heterocycles. The van der Waals surface area contributed by atoms with Gasteiger partial charge >= 0.3 is 0 Å². The van der Waals surface area contributed by atoms with Crippen molar-refractivity contribution in [3.05, 3.63) is 54.1 Å². The predicted octanol–water partition coefficient (Wildman–Crippen LogP) is 3.55. The molecule has 2 aromatic carbocycles. The maximum atomic E-state index is 12.6. The molecular formula is C25H31N3O3S. The van der Waals surface area contributed by atoms with Gasteiger partial charge in [-0.3, -0.25) is 14.5 Å². The number of para-hydroxylation sites is 2. The molecule has 6 nitrogen and oxygen atoms in total. The lowest BCUT2D eigenvalue weighted by Gasteiger charge is -2.32. The highest BCUT2D eigenvalue weighted by molar-refractivity contribution is 8.00. The molecule has 0 bridgehead atoms. The fourth-order valence-electron chi connectivity index (χ4n) is 4.31. The average molecular weight is 454 g/mol. The molecule has 1 N–H and O–H groups in total. The molecule has 0 aliphatic carbocycles. The van der Waals surface area contributed by atoms with Crippen LogP contribution >= 0.6 is 11.8 Å². The van der Waals surface area contributed by atoms with Crippen LogP contribution < -0.4 is 15.0 Å². The van der Waals surface area contributed by atoms with Crippen molar-refractivity contribution in [2.24, 2.45) is 5.92 Å². The molecular weight excluding hydrogens is 422 g/mol. The Morgan fingerprint density at radius 1 is 1.12 bits per heavy atom. The number of rotatable bonds is 8. The third kappa shape index (κ3) is 5.64. The Kier molecular flexibility index (Phi) is 7.71. The van der Waals surface area contributed by atoms with Gasteiger partial charge in [0.2, 0.25) is 11.8 Å². The van der Waals surface area contributed by atoms with Crippen LogP contribution in [0.15, 0.2) is 53.4 Å². The van der Waals surface area contributed by atoms with Gasteiger partial charge in [0.05, 0.1) is 18.0 Å². The van der Waals surface area contributed by atoms with E-state index in [0.717, 1.165) is 48.8 Å². The smallest absolute Gasteiger partial charge is 0.240 e. The molecule has 0 radical (unpaired) electrons. The average Bonchev–Trinajstić information content (AvgIpc) is 2.82. The van der Waals surface area contributed by atoms with Gasteiger partial charge in [0.1, 0.15) is 12.3 Å². The molecule has 2 aliphatic heterocycles. The van der Waals surface area contributed by atoms with Crippen LogP contribution in [0.5, 0.6) is 5.75 Å². The van der Waals surface area contributed by atoms with Crippen molar-refractivity contribution in [3.8, 4) is 5.75 Å². The first-order valence-electron chi connectivity index (χ1n) is 11.4. The van der Waals surface area contributed by atoms with Crippen LogP contribution in [-0.4, -0.2) is 55.3 Å². The Labute approximate surface area is 194 Å². The molecule has 2 heterocycles. The number of likely N-dealkylation sites (tertiary alicyclic amines) is 1. The van der Waals surface area contributed by atoms with E-state index in [-0.39, 0.29) is 18.4 Å². The van der Waals surface area contributed by atoms with Crippen molar-refractivity contribution in [1.82, 2.24) is 10.2 Å². The lowest BCUT2D eigenvalue weighted by molar-refractivity contribution is -0.123. The first-order chi connectivity index (χ1) is 15.6. The van der Waals surface area contributed by atoms with Gasteiger partial charge in [-0.15, -0.1) is 11.8 Å². The number of fused-ring (bicyclic) bond motifs is 1. The van der Waals surface area contributed by atoms with Crippen LogP contribution in [0.2, 0.25) is 0 Å². The van der Waals surface area contributed by atoms with Gasteiger partial charge in [0.15, 0.2) is 0 Å². The summed E-state index contributed by atoms with van der Waals surface area (Å²) in [6, 6.07) is 16.0. The highest BCUT2D eigenvalue weighted by Gasteiger charge is 2.27. The number of nitrogens with one attached hydrogen (secondary N) is 1. The van der Waals surface area contributed by atoms with E-state index in [1.165, 1.54) is 17.3 Å². The molecule has 2 amide bonds. The van der Waals surface area contributed by atoms with Gasteiger partial charge in [-0.1, -0.05) is 30.3 Å². The Bertz CT molecular complexity index is 944. The zero-order valence-electron chi connectivity index (χ0n) is 18.6. The zero-order valence-corrected chi connectivity index (χ0v) is 19.4. The van der Waals surface area contributed by atoms with E-state index in [1.807, 2.05) is 43.3 Å². The number of anilines is 1. The summed E-state index contributed by atoms with van der Waals surface area (Å²) in [5.74, 6) is 1.72. The van der Waals surface area contributed by atoms with E-state index in [2.05, 4.69) is 22.3 Å². The first kappa shape index (κ1) is 22.7. The van der Waals surface area contributed by atoms with Gasteiger partial charge in [-0.25, -0.2) is 0 Å². The highest BCUT2D eigenvalue weighted by atomic mass is 32.2. The normalized spacial score (nSPS) is 17.2. The van der Waals surface area contributed by atoms with Crippen molar-refractivity contribution < 1.29 is 14.3 Å². The van der Waals surface area contributed by atoms with E-state index in [1.54, 1.807) is 4.90 Å². The molecule has 2 aliphatic rings. The third-order valence-electron chi connectivity index (χ3n) is 6.07. The largest absolute Gasteiger partial charge is 0.494 e. The predicted molar refractivity (Wildman–Crippen MR) is 128 cm³/mol. The van der Waals surface area contributed by atoms with E-state index in [4.69, 9.17) is 4.74 Å². The van der Waals surface area contributed by atoms with Crippen LogP contribution in [0.1, 0.15) is 25.3 Å². The second kappa shape index (κ2) is 10.9. The van der Waals surface area contributed by atoms with Crippen LogP contribution in [0.4, 0.5) is 5.69 Å². The van der Waals surface area contributed by atoms with Gasteiger partial charge in [0.25, 0.3) is 0 Å². The number of ether oxygens (including phenoxy) is 1. The quantitative estimate of drug-likeness (QED) is 0.662. The summed E-state index contributed by atoms with van der Waals surface area (Å²) in [7, 11) is 0. The number of carbonyl (C=O) groups excluding carboxylic acids is 2. The number of hydrogen-bond acceptors (Lipinski definition) is 5. The molecule has 2 aromatic rings. The van der Waals surface area contributed by atoms with E-state index in [9.17, 15) is 9.59 Å². The number of carbonyl (C=O) groups is 2. The van der Waals surface area contributed by atoms with Gasteiger partial charge in [0, 0.05) is 23.5 Å². The van der Waals surface area contributed by atoms with Crippen molar-refractivity contribution >= 4 is 29.3 Å². The maximum Gasteiger partial charge on any atom is 0.240 e. The summed E-state index contributed by atoms with van der Waals surface area (Å²) in [6.07, 6.45) is 2.11. The molecule has 4 rings (SSSR count). The number of thioether (sulfide) groups is 1. The second-order valence-corrected chi connectivity index (χ2v) is 9.32. The van der Waals surface area contributed by atoms with Crippen molar-refractivity contribution in [1.29, 1.82) is 0 Å². The first-order valence-corrected chi connectivity index (χ1v) is 12.3. The summed E-state index contributed by atoms with van der Waals surface area (Å²) in [4.78, 5) is 30.1. The monoisotopic (exact) mass is 453 g/mol. The SMILES string of the molecule is CCOc1ccccc1CN1CCC(CNC(=O)CN2C(=O)CSc3ccccc32)CC1. The number of amides is 2. The van der Waals surface area contributed by atoms with E-state index >= 15 is 0 Å². The van der Waals surface area contributed by atoms with Gasteiger partial charge < -0.3 is 15.0 Å². The molecule has 1 saturated heterocycles. The molecule has 1 fully saturated rings. The molecule has 170 valence electrons. The Morgan fingerprint density at radius 3 is 2.69 bits per heavy atom. The number of hydrogen-bond donors (Lipinski definition) is 1. The highest BCUT2D eigenvalue weighted by Crippen LogP contribution is 2.34. The molecule has 0 saturated carbocycles. The fourth-order valence-corrected chi connectivity index (χ4v) is 5.24. The van der Waals surface area contributed by atoms with Crippen LogP contribution in [0.25, 0.3) is 0 Å². The van der Waals surface area contributed by atoms with Crippen LogP contribution in [-0.2, 0) is 16.1 Å². The lowest BCUT2D eigenvalue weighted by atomic mass is 9.96. The molecule has 0 atom stereocenters. The molecule has 32 heavy (non-hydrogen) atoms. The van der Waals surface area contributed by atoms with Crippen molar-refractivity contribution in [2.75, 3.05) is 43.4 Å². The minimum absolute atomic E-state index is 0.00973. The molecule has 0 unspecified atom stereocenters. The van der Waals surface area contributed by atoms with Crippen LogP contribution in [0, 0.1) is 5.92 Å². The Hall–Kier alpha value is -2.51. The Balaban J connectivity index is 1.23. The Morgan fingerprint density at radius 2 is 1.88 bits per heavy atom. The summed E-state index contributed by atoms with van der Waals surface area (Å²) in [5, 5.41) is 3.06. The van der Waals surface area contributed by atoms with E-state index < -0.39 is 0 Å². The number of nitrogens with zero attached hydrogens (tertiary/aromatic N) is 2. The maximum absolute atomic E-state index is 12.6. The topological polar surface area (TPSA) is 61.9 Å². The minimum atomic E-state index is -0.0897. The molecule has 0 spiro atoms. The lowest BCUT2D eigenvalue weighted by Crippen LogP contribution is -2.45. The number of benzene rings is 2. The summed E-state index contributed by atoms with van der Waals surface area (Å²) >= 11 is 1.53. The summed E-state index contributed by atoms with van der Waals surface area (Å²) < 4.78 is 5.75. The second-order valence-electron chi connectivity index (χ2n) is 8.30. The third-order valence-corrected chi connectivity index (χ3v) is 7.12. The van der Waals surface area contributed by atoms with Crippen molar-refractivity contribution in [2.45, 2.75) is 31.2 Å². The molecule has 7 heteroatoms. The van der Waals surface area contributed by atoms with Gasteiger partial charge in [-0.2, -0.15) is 0 Å². The number of piperidine rings is 1.